The molecule has 2 aliphatic rings. The zero-order chi connectivity index (χ0) is 6.97. The highest BCUT2D eigenvalue weighted by Gasteiger charge is 2.24. The molecule has 0 amide bonds. The highest BCUT2D eigenvalue weighted by Crippen LogP contribution is 2.22. The number of nitrogens with one attached hydrogen (secondary N) is 1. The van der Waals surface area contributed by atoms with Crippen molar-refractivity contribution in [2.24, 2.45) is 0 Å². The Kier molecular flexibility index (Phi) is 1.69. The van der Waals surface area contributed by atoms with Crippen LogP contribution < -0.4 is 5.32 Å². The molecular weight excluding hydrogens is 239 g/mol. The minimum Gasteiger partial charge on any atom is -0.357 e. The van der Waals surface area contributed by atoms with Crippen molar-refractivity contribution in [2.45, 2.75) is 6.17 Å². The van der Waals surface area contributed by atoms with Gasteiger partial charge in [-0.1, -0.05) is 0 Å². The quantitative estimate of drug-likeness (QED) is 0.645. The lowest BCUT2D eigenvalue weighted by Crippen LogP contribution is -2.33. The fourth-order valence-electron chi connectivity index (χ4n) is 1.33. The number of rotatable bonds is 0. The van der Waals surface area contributed by atoms with Crippen LogP contribution in [0.4, 0.5) is 0 Å². The van der Waals surface area contributed by atoms with E-state index in [-0.39, 0.29) is 0 Å². The summed E-state index contributed by atoms with van der Waals surface area (Å²) < 4.78 is 1.39. The molecule has 3 heteroatoms. The molecule has 2 heterocycles. The van der Waals surface area contributed by atoms with Crippen molar-refractivity contribution in [3.05, 3.63) is 21.9 Å². The minimum atomic E-state index is 0.477. The van der Waals surface area contributed by atoms with Crippen LogP contribution in [-0.4, -0.2) is 24.2 Å². The third kappa shape index (κ3) is 0.971. The fourth-order valence-corrected chi connectivity index (χ4v) is 2.12. The molecule has 0 aromatic carbocycles. The molecule has 1 saturated heterocycles. The van der Waals surface area contributed by atoms with Crippen molar-refractivity contribution in [3.63, 3.8) is 0 Å². The second-order valence-electron chi connectivity index (χ2n) is 2.49. The Hall–Kier alpha value is -0.0300. The Bertz CT molecular complexity index is 198. The Morgan fingerprint density at radius 3 is 3.40 bits per heavy atom. The van der Waals surface area contributed by atoms with Crippen molar-refractivity contribution < 1.29 is 0 Å². The van der Waals surface area contributed by atoms with Crippen molar-refractivity contribution in [3.8, 4) is 0 Å². The molecule has 1 fully saturated rings. The highest BCUT2D eigenvalue weighted by atomic mass is 127. The largest absolute Gasteiger partial charge is 0.357 e. The second kappa shape index (κ2) is 2.54. The highest BCUT2D eigenvalue weighted by molar-refractivity contribution is 14.1. The first kappa shape index (κ1) is 6.67. The Labute approximate surface area is 74.1 Å². The Morgan fingerprint density at radius 1 is 1.70 bits per heavy atom. The van der Waals surface area contributed by atoms with Gasteiger partial charge in [-0.2, -0.15) is 0 Å². The number of fused-ring (bicyclic) bond motifs is 1. The molecule has 0 radical (unpaired) electrons. The summed E-state index contributed by atoms with van der Waals surface area (Å²) in [6, 6.07) is 0. The average molecular weight is 248 g/mol. The second-order valence-corrected chi connectivity index (χ2v) is 3.73. The summed E-state index contributed by atoms with van der Waals surface area (Å²) in [5, 5.41) is 3.41. The molecule has 0 aromatic rings. The van der Waals surface area contributed by atoms with Crippen LogP contribution >= 0.6 is 22.6 Å². The van der Waals surface area contributed by atoms with Gasteiger partial charge in [0.15, 0.2) is 0 Å². The molecule has 0 aromatic heterocycles. The van der Waals surface area contributed by atoms with Crippen molar-refractivity contribution >= 4 is 22.6 Å². The molecule has 54 valence electrons. The van der Waals surface area contributed by atoms with Crippen molar-refractivity contribution in [1.29, 1.82) is 0 Å². The molecule has 2 aliphatic heterocycles. The average Bonchev–Trinajstić information content (AvgIpc) is 2.36. The number of nitrogens with zero attached hydrogens (tertiary/aromatic N) is 1. The van der Waals surface area contributed by atoms with Crippen molar-refractivity contribution in [2.75, 3.05) is 13.1 Å². The fraction of sp³-hybridized carbons (Fsp3) is 0.429. The first-order valence-corrected chi connectivity index (χ1v) is 4.49. The summed E-state index contributed by atoms with van der Waals surface area (Å²) in [5.41, 5.74) is 0. The van der Waals surface area contributed by atoms with Gasteiger partial charge < -0.3 is 4.90 Å². The summed E-state index contributed by atoms with van der Waals surface area (Å²) >= 11 is 2.38. The molecular formula is C7H9IN2. The summed E-state index contributed by atoms with van der Waals surface area (Å²) in [6.45, 7) is 2.25. The van der Waals surface area contributed by atoms with Gasteiger partial charge in [0, 0.05) is 22.9 Å². The predicted octanol–water partition coefficient (Wildman–Crippen LogP) is 1.06. The molecule has 1 N–H and O–H groups in total. The smallest absolute Gasteiger partial charge is 0.111 e. The van der Waals surface area contributed by atoms with Crippen LogP contribution in [0.15, 0.2) is 21.9 Å². The van der Waals surface area contributed by atoms with E-state index in [2.05, 4.69) is 51.2 Å². The monoisotopic (exact) mass is 248 g/mol. The molecule has 2 rings (SSSR count). The maximum atomic E-state index is 3.41. The van der Waals surface area contributed by atoms with E-state index in [4.69, 9.17) is 0 Å². The predicted molar refractivity (Wildman–Crippen MR) is 49.7 cm³/mol. The van der Waals surface area contributed by atoms with Gasteiger partial charge in [0.25, 0.3) is 0 Å². The van der Waals surface area contributed by atoms with Crippen molar-refractivity contribution in [1.82, 2.24) is 10.2 Å². The zero-order valence-electron chi connectivity index (χ0n) is 5.55. The van der Waals surface area contributed by atoms with Gasteiger partial charge in [0.1, 0.15) is 6.17 Å². The molecule has 0 bridgehead atoms. The topological polar surface area (TPSA) is 15.3 Å². The van der Waals surface area contributed by atoms with E-state index in [1.165, 1.54) is 3.58 Å². The van der Waals surface area contributed by atoms with E-state index in [0.717, 1.165) is 13.1 Å². The van der Waals surface area contributed by atoms with Gasteiger partial charge >= 0.3 is 0 Å². The van der Waals surface area contributed by atoms with E-state index >= 15 is 0 Å². The summed E-state index contributed by atoms with van der Waals surface area (Å²) in [7, 11) is 0. The van der Waals surface area contributed by atoms with Crippen LogP contribution in [0.1, 0.15) is 0 Å². The van der Waals surface area contributed by atoms with Crippen LogP contribution in [0.5, 0.6) is 0 Å². The normalized spacial score (nSPS) is 30.3. The lowest BCUT2D eigenvalue weighted by Gasteiger charge is -2.24. The third-order valence-electron chi connectivity index (χ3n) is 1.83. The lowest BCUT2D eigenvalue weighted by atomic mass is 10.3. The van der Waals surface area contributed by atoms with Gasteiger partial charge in [0.05, 0.1) is 0 Å². The van der Waals surface area contributed by atoms with Crippen LogP contribution in [-0.2, 0) is 0 Å². The van der Waals surface area contributed by atoms with Gasteiger partial charge in [-0.15, -0.1) is 0 Å². The van der Waals surface area contributed by atoms with E-state index in [9.17, 15) is 0 Å². The molecule has 0 aliphatic carbocycles. The Balaban J connectivity index is 2.24. The number of hydrogen-bond donors (Lipinski definition) is 1. The number of halogens is 1. The van der Waals surface area contributed by atoms with E-state index in [1.54, 1.807) is 0 Å². The summed E-state index contributed by atoms with van der Waals surface area (Å²) in [4.78, 5) is 2.32. The van der Waals surface area contributed by atoms with Crippen LogP contribution in [0.2, 0.25) is 0 Å². The third-order valence-corrected chi connectivity index (χ3v) is 2.78. The summed E-state index contributed by atoms with van der Waals surface area (Å²) in [5.74, 6) is 0. The van der Waals surface area contributed by atoms with E-state index < -0.39 is 0 Å². The number of allylic oxidation sites excluding steroid dienone is 2. The van der Waals surface area contributed by atoms with E-state index in [0.29, 0.717) is 6.17 Å². The molecule has 10 heavy (non-hydrogen) atoms. The Morgan fingerprint density at radius 2 is 2.60 bits per heavy atom. The van der Waals surface area contributed by atoms with Gasteiger partial charge in [-0.25, -0.2) is 0 Å². The first-order valence-electron chi connectivity index (χ1n) is 3.41. The van der Waals surface area contributed by atoms with Crippen LogP contribution in [0, 0.1) is 0 Å². The van der Waals surface area contributed by atoms with Gasteiger partial charge in [-0.05, 0) is 34.7 Å². The zero-order valence-corrected chi connectivity index (χ0v) is 7.71. The maximum Gasteiger partial charge on any atom is 0.111 e. The van der Waals surface area contributed by atoms with Gasteiger partial charge in [0.2, 0.25) is 0 Å². The van der Waals surface area contributed by atoms with Gasteiger partial charge in [-0.3, -0.25) is 5.32 Å². The lowest BCUT2D eigenvalue weighted by molar-refractivity contribution is 0.380. The minimum absolute atomic E-state index is 0.477. The molecule has 0 spiro atoms. The summed E-state index contributed by atoms with van der Waals surface area (Å²) in [6.07, 6.45) is 6.88. The standard InChI is InChI=1S/C7H9IN2/c8-6-2-1-4-10-5-3-9-7(6)10/h1-2,4,7,9H,3,5H2. The van der Waals surface area contributed by atoms with Crippen LogP contribution in [0.25, 0.3) is 0 Å². The van der Waals surface area contributed by atoms with E-state index in [1.807, 2.05) is 0 Å². The molecule has 2 nitrogen and oxygen atoms in total. The first-order chi connectivity index (χ1) is 4.88. The SMILES string of the molecule is IC1=CC=CN2CCNC12. The molecule has 1 atom stereocenters. The maximum absolute atomic E-state index is 3.41. The molecule has 0 saturated carbocycles. The van der Waals surface area contributed by atoms with Crippen LogP contribution in [0.3, 0.4) is 0 Å². The number of hydrogen-bond acceptors (Lipinski definition) is 2. The molecule has 1 unspecified atom stereocenters.